The number of urea groups is 1. The molecule has 1 aromatic carbocycles. The molecule has 2 aliphatic rings. The second kappa shape index (κ2) is 7.83. The minimum absolute atomic E-state index is 0.0793. The highest BCUT2D eigenvalue weighted by molar-refractivity contribution is 6.06. The van der Waals surface area contributed by atoms with Crippen LogP contribution in [0.25, 0.3) is 0 Å². The van der Waals surface area contributed by atoms with Gasteiger partial charge in [-0.2, -0.15) is 0 Å². The zero-order valence-corrected chi connectivity index (χ0v) is 16.9. The molecule has 7 heteroatoms. The number of hydrogen-bond donors (Lipinski definition) is 0. The molecule has 0 aliphatic carbocycles. The number of amides is 3. The second-order valence-electron chi connectivity index (χ2n) is 7.74. The van der Waals surface area contributed by atoms with Gasteiger partial charge >= 0.3 is 6.03 Å². The Hall–Kier alpha value is -2.93. The lowest BCUT2D eigenvalue weighted by atomic mass is 9.86. The Morgan fingerprint density at radius 1 is 0.966 bits per heavy atom. The van der Waals surface area contributed by atoms with Crippen molar-refractivity contribution in [2.45, 2.75) is 31.5 Å². The number of methoxy groups -OCH3 is 1. The summed E-state index contributed by atoms with van der Waals surface area (Å²) in [6.45, 7) is 2.68. The van der Waals surface area contributed by atoms with Crippen LogP contribution < -0.4 is 4.74 Å². The van der Waals surface area contributed by atoms with Gasteiger partial charge in [0.1, 0.15) is 11.3 Å². The molecule has 7 nitrogen and oxygen atoms in total. The molecule has 152 valence electrons. The van der Waals surface area contributed by atoms with E-state index in [0.717, 1.165) is 30.9 Å². The highest BCUT2D eigenvalue weighted by atomic mass is 16.5. The van der Waals surface area contributed by atoms with Crippen molar-refractivity contribution >= 4 is 11.9 Å². The third-order valence-electron chi connectivity index (χ3n) is 6.14. The van der Waals surface area contributed by atoms with Gasteiger partial charge in [-0.15, -0.1) is 0 Å². The van der Waals surface area contributed by atoms with Gasteiger partial charge in [0.25, 0.3) is 5.91 Å². The monoisotopic (exact) mass is 394 g/mol. The molecule has 0 unspecified atom stereocenters. The molecule has 1 aromatic heterocycles. The normalized spacial score (nSPS) is 19.2. The number of likely N-dealkylation sites (N-methyl/N-ethyl adjacent to an activating group) is 1. The van der Waals surface area contributed by atoms with E-state index in [-0.39, 0.29) is 18.5 Å². The summed E-state index contributed by atoms with van der Waals surface area (Å²) < 4.78 is 5.18. The summed E-state index contributed by atoms with van der Waals surface area (Å²) in [6, 6.07) is 11.3. The molecule has 0 N–H and O–H groups in total. The van der Waals surface area contributed by atoms with E-state index < -0.39 is 5.54 Å². The fourth-order valence-electron chi connectivity index (χ4n) is 4.28. The highest BCUT2D eigenvalue weighted by Gasteiger charge is 2.56. The Kier molecular flexibility index (Phi) is 5.24. The van der Waals surface area contributed by atoms with Gasteiger partial charge in [-0.25, -0.2) is 4.79 Å². The van der Waals surface area contributed by atoms with Crippen LogP contribution in [0.1, 0.15) is 24.0 Å². The summed E-state index contributed by atoms with van der Waals surface area (Å²) in [5.74, 6) is 0.673. The van der Waals surface area contributed by atoms with Crippen LogP contribution in [0.2, 0.25) is 0 Å². The van der Waals surface area contributed by atoms with Crippen molar-refractivity contribution in [2.24, 2.45) is 0 Å². The number of imide groups is 1. The number of ether oxygens (including phenoxy) is 1. The maximum Gasteiger partial charge on any atom is 0.327 e. The first-order valence-corrected chi connectivity index (χ1v) is 9.87. The number of nitrogens with zero attached hydrogens (tertiary/aromatic N) is 4. The number of hydrogen-bond acceptors (Lipinski definition) is 5. The fraction of sp³-hybridized carbons (Fsp3) is 0.409. The van der Waals surface area contributed by atoms with Crippen molar-refractivity contribution in [1.82, 2.24) is 19.7 Å². The second-order valence-corrected chi connectivity index (χ2v) is 7.74. The molecule has 1 spiro atoms. The van der Waals surface area contributed by atoms with E-state index in [9.17, 15) is 9.59 Å². The summed E-state index contributed by atoms with van der Waals surface area (Å²) in [6.07, 6.45) is 4.89. The van der Waals surface area contributed by atoms with Crippen molar-refractivity contribution in [3.05, 3.63) is 59.9 Å². The van der Waals surface area contributed by atoms with Crippen LogP contribution in [-0.2, 0) is 17.9 Å². The molecule has 4 rings (SSSR count). The molecule has 0 atom stereocenters. The number of carbonyl (C=O) groups is 2. The molecule has 29 heavy (non-hydrogen) atoms. The third kappa shape index (κ3) is 3.58. The van der Waals surface area contributed by atoms with Crippen molar-refractivity contribution in [2.75, 3.05) is 27.2 Å². The Morgan fingerprint density at radius 2 is 1.59 bits per heavy atom. The van der Waals surface area contributed by atoms with Crippen molar-refractivity contribution in [3.63, 3.8) is 0 Å². The summed E-state index contributed by atoms with van der Waals surface area (Å²) >= 11 is 0. The van der Waals surface area contributed by atoms with Gasteiger partial charge < -0.3 is 9.64 Å². The largest absolute Gasteiger partial charge is 0.497 e. The Labute approximate surface area is 170 Å². The molecule has 2 aromatic rings. The first-order valence-electron chi connectivity index (χ1n) is 9.87. The summed E-state index contributed by atoms with van der Waals surface area (Å²) in [4.78, 5) is 35.6. The third-order valence-corrected chi connectivity index (χ3v) is 6.14. The highest BCUT2D eigenvalue weighted by Crippen LogP contribution is 2.37. The van der Waals surface area contributed by atoms with E-state index >= 15 is 0 Å². The molecule has 2 fully saturated rings. The van der Waals surface area contributed by atoms with E-state index in [4.69, 9.17) is 4.74 Å². The van der Waals surface area contributed by atoms with E-state index in [1.807, 2.05) is 36.4 Å². The number of aromatic nitrogens is 1. The topological polar surface area (TPSA) is 66.0 Å². The number of likely N-dealkylation sites (tertiary alicyclic amines) is 1. The SMILES string of the molecule is COc1ccc(CN2C(=O)N(C)C3(CCN(Cc4ccncc4)CC3)C2=O)cc1. The number of carbonyl (C=O) groups excluding carboxylic acids is 2. The minimum Gasteiger partial charge on any atom is -0.497 e. The van der Waals surface area contributed by atoms with Crippen LogP contribution in [-0.4, -0.2) is 64.4 Å². The molecule has 2 saturated heterocycles. The molecule has 2 aliphatic heterocycles. The van der Waals surface area contributed by atoms with E-state index in [2.05, 4.69) is 9.88 Å². The van der Waals surface area contributed by atoms with Gasteiger partial charge in [0, 0.05) is 39.1 Å². The molecule has 3 heterocycles. The van der Waals surface area contributed by atoms with Crippen LogP contribution in [0.15, 0.2) is 48.8 Å². The van der Waals surface area contributed by atoms with E-state index in [0.29, 0.717) is 12.8 Å². The van der Waals surface area contributed by atoms with Crippen LogP contribution in [0.4, 0.5) is 4.79 Å². The molecule has 0 bridgehead atoms. The first kappa shape index (κ1) is 19.4. The predicted octanol–water partition coefficient (Wildman–Crippen LogP) is 2.52. The summed E-state index contributed by atoms with van der Waals surface area (Å²) in [7, 11) is 3.37. The number of pyridine rings is 1. The number of benzene rings is 1. The van der Waals surface area contributed by atoms with Crippen LogP contribution in [0.5, 0.6) is 5.75 Å². The minimum atomic E-state index is -0.724. The van der Waals surface area contributed by atoms with Crippen molar-refractivity contribution < 1.29 is 14.3 Å². The Balaban J connectivity index is 1.44. The number of piperidine rings is 1. The average Bonchev–Trinajstić information content (AvgIpc) is 2.93. The molecular weight excluding hydrogens is 368 g/mol. The van der Waals surface area contributed by atoms with E-state index in [1.54, 1.807) is 31.5 Å². The lowest BCUT2D eigenvalue weighted by Gasteiger charge is -2.40. The lowest BCUT2D eigenvalue weighted by Crippen LogP contribution is -2.55. The van der Waals surface area contributed by atoms with Crippen LogP contribution in [0.3, 0.4) is 0 Å². The smallest absolute Gasteiger partial charge is 0.327 e. The summed E-state index contributed by atoms with van der Waals surface area (Å²) in [5, 5.41) is 0. The fourth-order valence-corrected chi connectivity index (χ4v) is 4.28. The molecule has 3 amide bonds. The van der Waals surface area contributed by atoms with E-state index in [1.165, 1.54) is 10.5 Å². The quantitative estimate of drug-likeness (QED) is 0.729. The zero-order chi connectivity index (χ0) is 20.4. The molecular formula is C22H26N4O3. The van der Waals surface area contributed by atoms with Gasteiger partial charge in [-0.1, -0.05) is 12.1 Å². The summed E-state index contributed by atoms with van der Waals surface area (Å²) in [5.41, 5.74) is 1.39. The van der Waals surface area contributed by atoms with Gasteiger partial charge in [0.05, 0.1) is 13.7 Å². The zero-order valence-electron chi connectivity index (χ0n) is 16.9. The van der Waals surface area contributed by atoms with Gasteiger partial charge in [0.2, 0.25) is 0 Å². The molecule has 0 saturated carbocycles. The Morgan fingerprint density at radius 3 is 2.21 bits per heavy atom. The van der Waals surface area contributed by atoms with Gasteiger partial charge in [-0.05, 0) is 48.2 Å². The predicted molar refractivity (Wildman–Crippen MR) is 108 cm³/mol. The lowest BCUT2D eigenvalue weighted by molar-refractivity contribution is -0.135. The first-order chi connectivity index (χ1) is 14.0. The van der Waals surface area contributed by atoms with Gasteiger partial charge in [0.15, 0.2) is 0 Å². The number of rotatable bonds is 5. The molecule has 0 radical (unpaired) electrons. The maximum atomic E-state index is 13.3. The van der Waals surface area contributed by atoms with Crippen molar-refractivity contribution in [1.29, 1.82) is 0 Å². The average molecular weight is 394 g/mol. The Bertz CT molecular complexity index is 877. The maximum absolute atomic E-state index is 13.3. The van der Waals surface area contributed by atoms with Crippen molar-refractivity contribution in [3.8, 4) is 5.75 Å². The van der Waals surface area contributed by atoms with Crippen LogP contribution in [0, 0.1) is 0 Å². The van der Waals surface area contributed by atoms with Gasteiger partial charge in [-0.3, -0.25) is 19.6 Å². The standard InChI is InChI=1S/C22H26N4O3/c1-24-21(28)26(16-17-3-5-19(29-2)6-4-17)20(27)22(24)9-13-25(14-10-22)15-18-7-11-23-12-8-18/h3-8,11-12H,9-10,13-16H2,1-2H3. The van der Waals surface area contributed by atoms with Crippen LogP contribution >= 0.6 is 0 Å².